The van der Waals surface area contributed by atoms with Crippen molar-refractivity contribution in [3.8, 4) is 5.75 Å². The smallest absolute Gasteiger partial charge is 0.270 e. The van der Waals surface area contributed by atoms with Crippen LogP contribution in [0.4, 0.5) is 5.82 Å². The van der Waals surface area contributed by atoms with Gasteiger partial charge in [-0.2, -0.15) is 0 Å². The Bertz CT molecular complexity index is 795. The SMILES string of the molecule is CC(C)n1cccc1C(=O)N1CC[C@H](Oc2cccnc2N2CCCC2)C1. The summed E-state index contributed by atoms with van der Waals surface area (Å²) in [6, 6.07) is 8.03. The van der Waals surface area contributed by atoms with E-state index in [9.17, 15) is 4.79 Å². The van der Waals surface area contributed by atoms with E-state index in [0.29, 0.717) is 6.54 Å². The van der Waals surface area contributed by atoms with Gasteiger partial charge in [0.2, 0.25) is 0 Å². The summed E-state index contributed by atoms with van der Waals surface area (Å²) in [7, 11) is 0. The average molecular weight is 368 g/mol. The number of rotatable bonds is 5. The zero-order valence-electron chi connectivity index (χ0n) is 16.2. The van der Waals surface area contributed by atoms with E-state index in [1.807, 2.05) is 46.1 Å². The molecule has 0 radical (unpaired) electrons. The minimum Gasteiger partial charge on any atom is -0.485 e. The third-order valence-corrected chi connectivity index (χ3v) is 5.44. The highest BCUT2D eigenvalue weighted by molar-refractivity contribution is 5.93. The number of carbonyl (C=O) groups excluding carboxylic acids is 1. The molecule has 2 aliphatic rings. The molecule has 6 nitrogen and oxygen atoms in total. The number of nitrogens with zero attached hydrogens (tertiary/aromatic N) is 4. The van der Waals surface area contributed by atoms with Crippen molar-refractivity contribution in [2.45, 2.75) is 45.3 Å². The zero-order chi connectivity index (χ0) is 18.8. The molecule has 4 rings (SSSR count). The predicted octanol–water partition coefficient (Wildman–Crippen LogP) is 3.36. The average Bonchev–Trinajstić information content (AvgIpc) is 3.42. The summed E-state index contributed by atoms with van der Waals surface area (Å²) in [4.78, 5) is 21.7. The summed E-state index contributed by atoms with van der Waals surface area (Å²) in [5, 5.41) is 0. The van der Waals surface area contributed by atoms with E-state index in [1.165, 1.54) is 12.8 Å². The van der Waals surface area contributed by atoms with Crippen LogP contribution in [0.1, 0.15) is 49.6 Å². The van der Waals surface area contributed by atoms with E-state index >= 15 is 0 Å². The standard InChI is InChI=1S/C21H28N4O2/c1-16(2)25-13-6-7-18(25)21(26)24-14-9-17(15-24)27-19-8-5-10-22-20(19)23-11-3-4-12-23/h5-8,10,13,16-17H,3-4,9,11-12,14-15H2,1-2H3/t17-/m0/s1. The minimum atomic E-state index is 0.0157. The Hall–Kier alpha value is -2.50. The Balaban J connectivity index is 1.43. The van der Waals surface area contributed by atoms with Crippen molar-refractivity contribution in [3.05, 3.63) is 42.4 Å². The van der Waals surface area contributed by atoms with E-state index < -0.39 is 0 Å². The first-order valence-electron chi connectivity index (χ1n) is 9.96. The van der Waals surface area contributed by atoms with Crippen molar-refractivity contribution in [1.82, 2.24) is 14.5 Å². The molecule has 0 saturated carbocycles. The Morgan fingerprint density at radius 2 is 2.00 bits per heavy atom. The lowest BCUT2D eigenvalue weighted by atomic mass is 10.3. The first-order chi connectivity index (χ1) is 13.1. The van der Waals surface area contributed by atoms with E-state index in [4.69, 9.17) is 4.74 Å². The number of ether oxygens (including phenoxy) is 1. The number of hydrogen-bond acceptors (Lipinski definition) is 4. The topological polar surface area (TPSA) is 50.6 Å². The zero-order valence-corrected chi connectivity index (χ0v) is 16.2. The second kappa shape index (κ2) is 7.62. The van der Waals surface area contributed by atoms with Crippen molar-refractivity contribution in [3.63, 3.8) is 0 Å². The number of pyridine rings is 1. The summed E-state index contributed by atoms with van der Waals surface area (Å²) in [5.74, 6) is 1.86. The maximum absolute atomic E-state index is 12.9. The summed E-state index contributed by atoms with van der Waals surface area (Å²) < 4.78 is 8.32. The monoisotopic (exact) mass is 368 g/mol. The van der Waals surface area contributed by atoms with Crippen molar-refractivity contribution >= 4 is 11.7 Å². The summed E-state index contributed by atoms with van der Waals surface area (Å²) in [6.07, 6.45) is 7.07. The molecular formula is C21H28N4O2. The van der Waals surface area contributed by atoms with E-state index in [1.54, 1.807) is 0 Å². The van der Waals surface area contributed by atoms with Crippen LogP contribution in [0.2, 0.25) is 0 Å². The van der Waals surface area contributed by atoms with Crippen LogP contribution in [0.15, 0.2) is 36.7 Å². The number of aromatic nitrogens is 2. The highest BCUT2D eigenvalue weighted by Gasteiger charge is 2.31. The molecule has 2 aliphatic heterocycles. The van der Waals surface area contributed by atoms with Crippen LogP contribution in [0.25, 0.3) is 0 Å². The van der Waals surface area contributed by atoms with Gasteiger partial charge in [-0.15, -0.1) is 0 Å². The maximum Gasteiger partial charge on any atom is 0.270 e. The van der Waals surface area contributed by atoms with Gasteiger partial charge in [0.05, 0.1) is 6.54 Å². The van der Waals surface area contributed by atoms with E-state index in [0.717, 1.165) is 43.3 Å². The molecule has 144 valence electrons. The highest BCUT2D eigenvalue weighted by atomic mass is 16.5. The lowest BCUT2D eigenvalue weighted by molar-refractivity contribution is 0.0760. The van der Waals surface area contributed by atoms with Gasteiger partial charge < -0.3 is 19.1 Å². The fourth-order valence-corrected chi connectivity index (χ4v) is 4.02. The van der Waals surface area contributed by atoms with E-state index in [-0.39, 0.29) is 18.1 Å². The third kappa shape index (κ3) is 3.66. The molecule has 0 N–H and O–H groups in total. The highest BCUT2D eigenvalue weighted by Crippen LogP contribution is 2.30. The fraction of sp³-hybridized carbons (Fsp3) is 0.524. The Labute approximate surface area is 160 Å². The van der Waals surface area contributed by atoms with Gasteiger partial charge in [-0.3, -0.25) is 4.79 Å². The molecule has 0 bridgehead atoms. The van der Waals surface area contributed by atoms with Gasteiger partial charge in [-0.1, -0.05) is 0 Å². The fourth-order valence-electron chi connectivity index (χ4n) is 4.02. The molecular weight excluding hydrogens is 340 g/mol. The molecule has 2 fully saturated rings. The molecule has 4 heterocycles. The molecule has 2 aromatic rings. The van der Waals surface area contributed by atoms with Crippen molar-refractivity contribution in [1.29, 1.82) is 0 Å². The van der Waals surface area contributed by atoms with Crippen LogP contribution in [0.3, 0.4) is 0 Å². The summed E-state index contributed by atoms with van der Waals surface area (Å²) in [5.41, 5.74) is 0.754. The lowest BCUT2D eigenvalue weighted by Gasteiger charge is -2.22. The maximum atomic E-state index is 12.9. The molecule has 6 heteroatoms. The lowest BCUT2D eigenvalue weighted by Crippen LogP contribution is -2.32. The van der Waals surface area contributed by atoms with Crippen LogP contribution in [-0.2, 0) is 0 Å². The van der Waals surface area contributed by atoms with Crippen LogP contribution < -0.4 is 9.64 Å². The normalized spacial score (nSPS) is 19.9. The first kappa shape index (κ1) is 17.9. The van der Waals surface area contributed by atoms with Crippen molar-refractivity contribution in [2.24, 2.45) is 0 Å². The Morgan fingerprint density at radius 3 is 2.78 bits per heavy atom. The molecule has 0 spiro atoms. The van der Waals surface area contributed by atoms with Crippen molar-refractivity contribution < 1.29 is 9.53 Å². The first-order valence-corrected chi connectivity index (χ1v) is 9.96. The second-order valence-electron chi connectivity index (χ2n) is 7.69. The Morgan fingerprint density at radius 1 is 1.19 bits per heavy atom. The van der Waals surface area contributed by atoms with Crippen molar-refractivity contribution in [2.75, 3.05) is 31.1 Å². The molecule has 0 aromatic carbocycles. The number of amides is 1. The molecule has 0 unspecified atom stereocenters. The van der Waals surface area contributed by atoms with Gasteiger partial charge in [-0.05, 0) is 51.0 Å². The molecule has 0 aliphatic carbocycles. The van der Waals surface area contributed by atoms with Gasteiger partial charge in [0.1, 0.15) is 11.8 Å². The van der Waals surface area contributed by atoms with Crippen LogP contribution >= 0.6 is 0 Å². The molecule has 1 amide bonds. The Kier molecular flexibility index (Phi) is 5.05. The summed E-state index contributed by atoms with van der Waals surface area (Å²) in [6.45, 7) is 7.61. The van der Waals surface area contributed by atoms with E-state index in [2.05, 4.69) is 23.7 Å². The van der Waals surface area contributed by atoms with Gasteiger partial charge in [0.25, 0.3) is 5.91 Å². The molecule has 27 heavy (non-hydrogen) atoms. The number of carbonyl (C=O) groups is 1. The number of likely N-dealkylation sites (tertiary alicyclic amines) is 1. The molecule has 2 saturated heterocycles. The van der Waals surface area contributed by atoms with Crippen LogP contribution in [0, 0.1) is 0 Å². The van der Waals surface area contributed by atoms with Gasteiger partial charge in [0.15, 0.2) is 11.6 Å². The minimum absolute atomic E-state index is 0.0157. The number of anilines is 1. The molecule has 2 aromatic heterocycles. The number of hydrogen-bond donors (Lipinski definition) is 0. The third-order valence-electron chi connectivity index (χ3n) is 5.44. The van der Waals surface area contributed by atoms with Gasteiger partial charge in [-0.25, -0.2) is 4.98 Å². The van der Waals surface area contributed by atoms with Gasteiger partial charge in [0, 0.05) is 44.5 Å². The largest absolute Gasteiger partial charge is 0.485 e. The molecule has 1 atom stereocenters. The predicted molar refractivity (Wildman–Crippen MR) is 105 cm³/mol. The van der Waals surface area contributed by atoms with Gasteiger partial charge >= 0.3 is 0 Å². The summed E-state index contributed by atoms with van der Waals surface area (Å²) >= 11 is 0. The quantitative estimate of drug-likeness (QED) is 0.812. The van der Waals surface area contributed by atoms with Crippen LogP contribution in [0.5, 0.6) is 5.75 Å². The second-order valence-corrected chi connectivity index (χ2v) is 7.69. The van der Waals surface area contributed by atoms with Crippen LogP contribution in [-0.4, -0.2) is 52.6 Å².